The van der Waals surface area contributed by atoms with Crippen LogP contribution in [0.5, 0.6) is 0 Å². The Morgan fingerprint density at radius 1 is 0.750 bits per heavy atom. The summed E-state index contributed by atoms with van der Waals surface area (Å²) in [4.78, 5) is 43.3. The zero-order valence-electron chi connectivity index (χ0n) is 23.4. The van der Waals surface area contributed by atoms with Gasteiger partial charge < -0.3 is 38.9 Å². The van der Waals surface area contributed by atoms with Crippen LogP contribution in [0.15, 0.2) is 47.5 Å². The SMILES string of the molecule is NCCCC[C@H](NC(=O)Cc1cccc2ccccc12)C(=O)N[C@@H](CCCCN)C(=O)NCCCCN=C(N)N. The number of amides is 3. The first-order valence-corrected chi connectivity index (χ1v) is 14.1. The van der Waals surface area contributed by atoms with Crippen molar-refractivity contribution in [1.29, 1.82) is 0 Å². The Balaban J connectivity index is 2.03. The highest BCUT2D eigenvalue weighted by molar-refractivity contribution is 5.94. The third-order valence-electron chi connectivity index (χ3n) is 6.59. The van der Waals surface area contributed by atoms with Gasteiger partial charge in [-0.3, -0.25) is 19.4 Å². The number of fused-ring (bicyclic) bond motifs is 1. The third-order valence-corrected chi connectivity index (χ3v) is 6.59. The number of rotatable bonds is 19. The number of nitrogens with two attached hydrogens (primary N) is 4. The van der Waals surface area contributed by atoms with Crippen LogP contribution in [-0.2, 0) is 20.8 Å². The smallest absolute Gasteiger partial charge is 0.243 e. The molecular weight excluding hydrogens is 508 g/mol. The molecule has 0 radical (unpaired) electrons. The van der Waals surface area contributed by atoms with Gasteiger partial charge in [-0.05, 0) is 80.8 Å². The Morgan fingerprint density at radius 2 is 1.40 bits per heavy atom. The predicted octanol–water partition coefficient (Wildman–Crippen LogP) is 0.780. The minimum Gasteiger partial charge on any atom is -0.370 e. The molecule has 2 aromatic rings. The fourth-order valence-corrected chi connectivity index (χ4v) is 4.44. The molecule has 0 fully saturated rings. The molecule has 0 heterocycles. The third kappa shape index (κ3) is 12.0. The summed E-state index contributed by atoms with van der Waals surface area (Å²) in [6.07, 6.45) is 5.24. The van der Waals surface area contributed by atoms with Gasteiger partial charge in [0.15, 0.2) is 5.96 Å². The molecule has 0 saturated carbocycles. The van der Waals surface area contributed by atoms with Gasteiger partial charge in [0.2, 0.25) is 17.7 Å². The van der Waals surface area contributed by atoms with Crippen molar-refractivity contribution in [2.24, 2.45) is 27.9 Å². The summed E-state index contributed by atoms with van der Waals surface area (Å²) >= 11 is 0. The van der Waals surface area contributed by atoms with Crippen molar-refractivity contribution in [3.05, 3.63) is 48.0 Å². The van der Waals surface area contributed by atoms with E-state index in [4.69, 9.17) is 22.9 Å². The van der Waals surface area contributed by atoms with Crippen LogP contribution in [0.25, 0.3) is 10.8 Å². The largest absolute Gasteiger partial charge is 0.370 e. The number of hydrogen-bond donors (Lipinski definition) is 7. The van der Waals surface area contributed by atoms with Crippen molar-refractivity contribution in [2.75, 3.05) is 26.2 Å². The lowest BCUT2D eigenvalue weighted by atomic mass is 10.0. The van der Waals surface area contributed by atoms with Gasteiger partial charge in [-0.1, -0.05) is 42.5 Å². The van der Waals surface area contributed by atoms with E-state index in [9.17, 15) is 14.4 Å². The van der Waals surface area contributed by atoms with E-state index < -0.39 is 12.1 Å². The molecular formula is C29H46N8O3. The van der Waals surface area contributed by atoms with Crippen molar-refractivity contribution >= 4 is 34.5 Å². The Morgan fingerprint density at radius 3 is 2.08 bits per heavy atom. The van der Waals surface area contributed by atoms with E-state index in [2.05, 4.69) is 20.9 Å². The van der Waals surface area contributed by atoms with Crippen LogP contribution < -0.4 is 38.9 Å². The molecule has 0 aromatic heterocycles. The molecule has 2 rings (SSSR count). The number of nitrogens with zero attached hydrogens (tertiary/aromatic N) is 1. The molecule has 220 valence electrons. The number of guanidine groups is 1. The molecule has 0 bridgehead atoms. The second kappa shape index (κ2) is 18.6. The standard InChI is InChI=1S/C29H46N8O3/c30-16-5-3-14-24(27(39)34-18-7-8-19-35-29(32)33)37-28(40)25(15-4-6-17-31)36-26(38)20-22-12-9-11-21-10-1-2-13-23(21)22/h1-2,9-13,24-25H,3-8,14-20,30-31H2,(H,34,39)(H,36,38)(H,37,40)(H4,32,33,35)/t24-,25-/m0/s1. The molecule has 0 aliphatic carbocycles. The molecule has 0 aliphatic rings. The van der Waals surface area contributed by atoms with Crippen molar-refractivity contribution in [3.8, 4) is 0 Å². The number of unbranched alkanes of at least 4 members (excludes halogenated alkanes) is 3. The zero-order valence-corrected chi connectivity index (χ0v) is 23.4. The van der Waals surface area contributed by atoms with Crippen LogP contribution in [0, 0.1) is 0 Å². The maximum atomic E-state index is 13.4. The summed E-state index contributed by atoms with van der Waals surface area (Å²) in [5.74, 6) is -0.870. The minimum absolute atomic E-state index is 0.0388. The van der Waals surface area contributed by atoms with Crippen LogP contribution >= 0.6 is 0 Å². The van der Waals surface area contributed by atoms with Gasteiger partial charge in [0.05, 0.1) is 6.42 Å². The molecule has 0 unspecified atom stereocenters. The van der Waals surface area contributed by atoms with E-state index in [1.54, 1.807) is 0 Å². The number of hydrogen-bond acceptors (Lipinski definition) is 6. The van der Waals surface area contributed by atoms with E-state index in [1.165, 1.54) is 0 Å². The predicted molar refractivity (Wildman–Crippen MR) is 160 cm³/mol. The molecule has 11 heteroatoms. The summed E-state index contributed by atoms with van der Waals surface area (Å²) < 4.78 is 0. The van der Waals surface area contributed by atoms with Crippen LogP contribution in [0.2, 0.25) is 0 Å². The topological polar surface area (TPSA) is 204 Å². The van der Waals surface area contributed by atoms with Crippen molar-refractivity contribution < 1.29 is 14.4 Å². The lowest BCUT2D eigenvalue weighted by Gasteiger charge is -2.23. The highest BCUT2D eigenvalue weighted by Crippen LogP contribution is 2.19. The van der Waals surface area contributed by atoms with E-state index in [1.807, 2.05) is 42.5 Å². The number of aliphatic imine (C=N–C) groups is 1. The van der Waals surface area contributed by atoms with Gasteiger partial charge in [-0.15, -0.1) is 0 Å². The normalized spacial score (nSPS) is 12.3. The lowest BCUT2D eigenvalue weighted by Crippen LogP contribution is -2.54. The number of benzene rings is 2. The van der Waals surface area contributed by atoms with Crippen LogP contribution in [0.4, 0.5) is 0 Å². The second-order valence-corrected chi connectivity index (χ2v) is 9.87. The van der Waals surface area contributed by atoms with E-state index in [0.29, 0.717) is 64.7 Å². The molecule has 0 spiro atoms. The van der Waals surface area contributed by atoms with Crippen molar-refractivity contribution in [1.82, 2.24) is 16.0 Å². The number of nitrogens with one attached hydrogen (secondary N) is 3. The van der Waals surface area contributed by atoms with Crippen LogP contribution in [0.1, 0.15) is 56.9 Å². The Hall–Kier alpha value is -3.70. The Bertz CT molecular complexity index is 1100. The molecule has 40 heavy (non-hydrogen) atoms. The summed E-state index contributed by atoms with van der Waals surface area (Å²) in [7, 11) is 0. The minimum atomic E-state index is -0.779. The van der Waals surface area contributed by atoms with Crippen molar-refractivity contribution in [3.63, 3.8) is 0 Å². The zero-order chi connectivity index (χ0) is 29.2. The second-order valence-electron chi connectivity index (χ2n) is 9.87. The summed E-state index contributed by atoms with van der Waals surface area (Å²) in [6, 6.07) is 12.2. The average molecular weight is 555 g/mol. The fraction of sp³-hybridized carbons (Fsp3) is 0.517. The van der Waals surface area contributed by atoms with Crippen molar-refractivity contribution in [2.45, 2.75) is 69.9 Å². The first-order chi connectivity index (χ1) is 19.3. The molecule has 3 amide bonds. The highest BCUT2D eigenvalue weighted by Gasteiger charge is 2.26. The van der Waals surface area contributed by atoms with Gasteiger partial charge in [0.1, 0.15) is 12.1 Å². The van der Waals surface area contributed by atoms with Gasteiger partial charge in [-0.25, -0.2) is 0 Å². The molecule has 11 nitrogen and oxygen atoms in total. The van der Waals surface area contributed by atoms with Gasteiger partial charge >= 0.3 is 0 Å². The maximum Gasteiger partial charge on any atom is 0.243 e. The number of carbonyl (C=O) groups excluding carboxylic acids is 3. The number of carbonyl (C=O) groups is 3. The molecule has 0 saturated heterocycles. The van der Waals surface area contributed by atoms with Gasteiger partial charge in [-0.2, -0.15) is 0 Å². The van der Waals surface area contributed by atoms with Gasteiger partial charge in [0, 0.05) is 13.1 Å². The Labute approximate surface area is 236 Å². The first-order valence-electron chi connectivity index (χ1n) is 14.1. The highest BCUT2D eigenvalue weighted by atomic mass is 16.2. The van der Waals surface area contributed by atoms with Crippen LogP contribution in [0.3, 0.4) is 0 Å². The lowest BCUT2D eigenvalue weighted by molar-refractivity contribution is -0.132. The van der Waals surface area contributed by atoms with Gasteiger partial charge in [0.25, 0.3) is 0 Å². The average Bonchev–Trinajstić information content (AvgIpc) is 2.93. The molecule has 2 aromatic carbocycles. The summed E-state index contributed by atoms with van der Waals surface area (Å²) in [5, 5.41) is 10.7. The molecule has 2 atom stereocenters. The quantitative estimate of drug-likeness (QED) is 0.0754. The summed E-state index contributed by atoms with van der Waals surface area (Å²) in [5.41, 5.74) is 22.8. The van der Waals surface area contributed by atoms with E-state index >= 15 is 0 Å². The summed E-state index contributed by atoms with van der Waals surface area (Å²) in [6.45, 7) is 1.91. The molecule has 11 N–H and O–H groups in total. The first kappa shape index (κ1) is 32.5. The maximum absolute atomic E-state index is 13.4. The van der Waals surface area contributed by atoms with E-state index in [-0.39, 0.29) is 30.1 Å². The monoisotopic (exact) mass is 554 g/mol. The Kier molecular flexibility index (Phi) is 15.1. The fourth-order valence-electron chi connectivity index (χ4n) is 4.44. The molecule has 0 aliphatic heterocycles. The van der Waals surface area contributed by atoms with E-state index in [0.717, 1.165) is 29.2 Å². The van der Waals surface area contributed by atoms with Crippen LogP contribution in [-0.4, -0.2) is 61.9 Å².